The fourth-order valence-electron chi connectivity index (χ4n) is 1.97. The zero-order valence-corrected chi connectivity index (χ0v) is 12.5. The molecule has 0 saturated carbocycles. The van der Waals surface area contributed by atoms with Gasteiger partial charge >= 0.3 is 0 Å². The molecule has 0 bridgehead atoms. The maximum atomic E-state index is 6.20. The summed E-state index contributed by atoms with van der Waals surface area (Å²) in [5.74, 6) is 0. The lowest BCUT2D eigenvalue weighted by molar-refractivity contribution is 1.07. The predicted octanol–water partition coefficient (Wildman–Crippen LogP) is 5.18. The third kappa shape index (κ3) is 2.73. The number of nitrogens with zero attached hydrogens (tertiary/aromatic N) is 2. The zero-order chi connectivity index (χ0) is 14.1. The minimum absolute atomic E-state index is 0.389. The van der Waals surface area contributed by atoms with Crippen LogP contribution in [0.15, 0.2) is 42.5 Å². The number of fused-ring (bicyclic) bond motifs is 1. The second-order valence-corrected chi connectivity index (χ2v) is 5.55. The highest BCUT2D eigenvalue weighted by atomic mass is 35.5. The molecule has 1 heterocycles. The van der Waals surface area contributed by atoms with Gasteiger partial charge in [-0.25, -0.2) is 9.97 Å². The summed E-state index contributed by atoms with van der Waals surface area (Å²) in [4.78, 5) is 8.87. The fourth-order valence-corrected chi connectivity index (χ4v) is 2.48. The molecule has 2 aromatic carbocycles. The summed E-state index contributed by atoms with van der Waals surface area (Å²) >= 11 is 18.2. The number of hydrogen-bond donors (Lipinski definition) is 0. The van der Waals surface area contributed by atoms with Crippen LogP contribution in [0.3, 0.4) is 0 Å². The van der Waals surface area contributed by atoms with Crippen LogP contribution in [0.25, 0.3) is 11.0 Å². The quantitative estimate of drug-likeness (QED) is 0.649. The van der Waals surface area contributed by atoms with Crippen LogP contribution >= 0.6 is 34.8 Å². The van der Waals surface area contributed by atoms with Gasteiger partial charge in [-0.1, -0.05) is 65.1 Å². The van der Waals surface area contributed by atoms with E-state index < -0.39 is 0 Å². The smallest absolute Gasteiger partial charge is 0.151 e. The van der Waals surface area contributed by atoms with Gasteiger partial charge in [0.05, 0.1) is 26.8 Å². The van der Waals surface area contributed by atoms with E-state index in [1.54, 1.807) is 12.1 Å². The molecule has 100 valence electrons. The van der Waals surface area contributed by atoms with Crippen LogP contribution < -0.4 is 0 Å². The van der Waals surface area contributed by atoms with Crippen molar-refractivity contribution in [3.8, 4) is 0 Å². The molecule has 0 aliphatic rings. The van der Waals surface area contributed by atoms with Gasteiger partial charge in [0.25, 0.3) is 0 Å². The van der Waals surface area contributed by atoms with Crippen molar-refractivity contribution in [1.82, 2.24) is 9.97 Å². The van der Waals surface area contributed by atoms with Crippen LogP contribution in [-0.4, -0.2) is 9.97 Å². The molecule has 3 aromatic rings. The Morgan fingerprint density at radius 3 is 2.05 bits per heavy atom. The number of benzene rings is 2. The van der Waals surface area contributed by atoms with Gasteiger partial charge in [0, 0.05) is 6.42 Å². The Balaban J connectivity index is 2.08. The molecule has 0 aliphatic carbocycles. The average Bonchev–Trinajstić information content (AvgIpc) is 2.43. The second kappa shape index (κ2) is 5.57. The summed E-state index contributed by atoms with van der Waals surface area (Å²) < 4.78 is 0. The Bertz CT molecular complexity index is 773. The summed E-state index contributed by atoms with van der Waals surface area (Å²) in [7, 11) is 0. The molecule has 0 N–H and O–H groups in total. The average molecular weight is 324 g/mol. The van der Waals surface area contributed by atoms with E-state index in [9.17, 15) is 0 Å². The maximum Gasteiger partial charge on any atom is 0.151 e. The van der Waals surface area contributed by atoms with Crippen molar-refractivity contribution in [1.29, 1.82) is 0 Å². The van der Waals surface area contributed by atoms with Gasteiger partial charge < -0.3 is 0 Å². The molecule has 0 amide bonds. The van der Waals surface area contributed by atoms with Crippen LogP contribution in [0.2, 0.25) is 15.2 Å². The molecule has 0 atom stereocenters. The highest BCUT2D eigenvalue weighted by molar-refractivity contribution is 6.42. The monoisotopic (exact) mass is 322 g/mol. The van der Waals surface area contributed by atoms with E-state index in [4.69, 9.17) is 34.8 Å². The van der Waals surface area contributed by atoms with E-state index >= 15 is 0 Å². The molecule has 3 rings (SSSR count). The van der Waals surface area contributed by atoms with Crippen LogP contribution in [0.4, 0.5) is 0 Å². The van der Waals surface area contributed by atoms with E-state index in [1.165, 1.54) is 0 Å². The van der Waals surface area contributed by atoms with Crippen LogP contribution in [0.1, 0.15) is 11.3 Å². The fraction of sp³-hybridized carbons (Fsp3) is 0.0667. The van der Waals surface area contributed by atoms with E-state index in [1.807, 2.05) is 30.3 Å². The number of hydrogen-bond acceptors (Lipinski definition) is 2. The van der Waals surface area contributed by atoms with Gasteiger partial charge in [-0.05, 0) is 17.7 Å². The molecular weight excluding hydrogens is 315 g/mol. The minimum atomic E-state index is 0.389. The van der Waals surface area contributed by atoms with Gasteiger partial charge in [0.2, 0.25) is 0 Å². The van der Waals surface area contributed by atoms with Gasteiger partial charge in [-0.3, -0.25) is 0 Å². The summed E-state index contributed by atoms with van der Waals surface area (Å²) in [6.07, 6.45) is 0.628. The molecule has 0 aliphatic heterocycles. The van der Waals surface area contributed by atoms with Gasteiger partial charge in [0.15, 0.2) is 5.15 Å². The zero-order valence-electron chi connectivity index (χ0n) is 10.3. The van der Waals surface area contributed by atoms with E-state index in [0.29, 0.717) is 32.7 Å². The topological polar surface area (TPSA) is 25.8 Å². The van der Waals surface area contributed by atoms with Crippen LogP contribution in [0.5, 0.6) is 0 Å². The van der Waals surface area contributed by atoms with Crippen molar-refractivity contribution < 1.29 is 0 Å². The largest absolute Gasteiger partial charge is 0.248 e. The molecule has 0 saturated heterocycles. The SMILES string of the molecule is Clc1cc2nc(Cl)c(Cc3ccccc3)nc2cc1Cl. The van der Waals surface area contributed by atoms with Crippen molar-refractivity contribution in [2.45, 2.75) is 6.42 Å². The molecule has 0 spiro atoms. The lowest BCUT2D eigenvalue weighted by atomic mass is 10.1. The van der Waals surface area contributed by atoms with Crippen LogP contribution in [-0.2, 0) is 6.42 Å². The van der Waals surface area contributed by atoms with Gasteiger partial charge in [-0.15, -0.1) is 0 Å². The Morgan fingerprint density at radius 2 is 1.40 bits per heavy atom. The Morgan fingerprint density at radius 1 is 0.800 bits per heavy atom. The molecule has 1 aromatic heterocycles. The standard InChI is InChI=1S/C15H9Cl3N2/c16-10-7-12-13(8-11(10)17)20-15(18)14(19-12)6-9-4-2-1-3-5-9/h1-5,7-8H,6H2. The minimum Gasteiger partial charge on any atom is -0.248 e. The predicted molar refractivity (Wildman–Crippen MR) is 83.8 cm³/mol. The molecule has 20 heavy (non-hydrogen) atoms. The summed E-state index contributed by atoms with van der Waals surface area (Å²) in [6, 6.07) is 13.4. The molecule has 5 heteroatoms. The van der Waals surface area contributed by atoms with Crippen molar-refractivity contribution in [3.63, 3.8) is 0 Å². The second-order valence-electron chi connectivity index (χ2n) is 4.38. The highest BCUT2D eigenvalue weighted by Gasteiger charge is 2.10. The van der Waals surface area contributed by atoms with E-state index in [2.05, 4.69) is 9.97 Å². The maximum absolute atomic E-state index is 6.20. The van der Waals surface area contributed by atoms with Crippen molar-refractivity contribution in [2.75, 3.05) is 0 Å². The molecule has 0 unspecified atom stereocenters. The molecular formula is C15H9Cl3N2. The summed E-state index contributed by atoms with van der Waals surface area (Å²) in [5, 5.41) is 1.29. The van der Waals surface area contributed by atoms with Gasteiger partial charge in [-0.2, -0.15) is 0 Å². The lowest BCUT2D eigenvalue weighted by Gasteiger charge is -2.06. The molecule has 2 nitrogen and oxygen atoms in total. The normalized spacial score (nSPS) is 10.9. The first-order chi connectivity index (χ1) is 9.63. The van der Waals surface area contributed by atoms with Crippen molar-refractivity contribution in [3.05, 3.63) is 68.9 Å². The van der Waals surface area contributed by atoms with E-state index in [-0.39, 0.29) is 0 Å². The number of rotatable bonds is 2. The summed E-state index contributed by atoms with van der Waals surface area (Å²) in [6.45, 7) is 0. The molecule has 0 radical (unpaired) electrons. The highest BCUT2D eigenvalue weighted by Crippen LogP contribution is 2.28. The Kier molecular flexibility index (Phi) is 3.79. The first-order valence-corrected chi connectivity index (χ1v) is 7.12. The third-order valence-electron chi connectivity index (χ3n) is 2.94. The van der Waals surface area contributed by atoms with Crippen molar-refractivity contribution in [2.24, 2.45) is 0 Å². The summed E-state index contributed by atoms with van der Waals surface area (Å²) in [5.41, 5.74) is 3.18. The molecule has 0 fully saturated rings. The Hall–Kier alpha value is -1.35. The first-order valence-electron chi connectivity index (χ1n) is 5.98. The Labute approximate surface area is 131 Å². The van der Waals surface area contributed by atoms with Crippen LogP contribution in [0, 0.1) is 0 Å². The first kappa shape index (κ1) is 13.6. The number of aromatic nitrogens is 2. The third-order valence-corrected chi connectivity index (χ3v) is 3.97. The van der Waals surface area contributed by atoms with Crippen molar-refractivity contribution >= 4 is 45.8 Å². The number of halogens is 3. The van der Waals surface area contributed by atoms with Gasteiger partial charge in [0.1, 0.15) is 0 Å². The lowest BCUT2D eigenvalue weighted by Crippen LogP contribution is -1.97. The van der Waals surface area contributed by atoms with E-state index in [0.717, 1.165) is 11.3 Å².